The monoisotopic (exact) mass is 446 g/mol. The minimum atomic E-state index is -0.574. The summed E-state index contributed by atoms with van der Waals surface area (Å²) in [6, 6.07) is 27.4. The number of hydrogen-bond acceptors (Lipinski definition) is 3. The molecule has 4 nitrogen and oxygen atoms in total. The molecule has 3 aromatic carbocycles. The van der Waals surface area contributed by atoms with E-state index in [1.54, 1.807) is 23.7 Å². The number of amides is 2. The van der Waals surface area contributed by atoms with Crippen molar-refractivity contribution in [3.8, 4) is 0 Å². The van der Waals surface area contributed by atoms with E-state index in [4.69, 9.17) is 0 Å². The SMILES string of the molecule is CNC(=O)[C@H](Cc1ccccc1)N(Cc1ccccc1)C(=O)CSCc1cccc(C)c1. The molecule has 3 aromatic rings. The first kappa shape index (κ1) is 23.6. The predicted molar refractivity (Wildman–Crippen MR) is 132 cm³/mol. The summed E-state index contributed by atoms with van der Waals surface area (Å²) in [6.45, 7) is 2.47. The molecule has 0 heterocycles. The highest BCUT2D eigenvalue weighted by molar-refractivity contribution is 7.99. The fourth-order valence-electron chi connectivity index (χ4n) is 3.64. The second-order valence-electron chi connectivity index (χ2n) is 7.81. The number of nitrogens with one attached hydrogen (secondary N) is 1. The molecule has 0 aromatic heterocycles. The number of hydrogen-bond donors (Lipinski definition) is 1. The van der Waals surface area contributed by atoms with Crippen LogP contribution in [0.5, 0.6) is 0 Å². The Morgan fingerprint density at radius 2 is 1.50 bits per heavy atom. The molecule has 0 fully saturated rings. The molecule has 0 unspecified atom stereocenters. The standard InChI is InChI=1S/C27H30N2O2S/c1-21-10-9-15-24(16-21)19-32-20-26(30)29(18-23-13-7-4-8-14-23)25(27(31)28-2)17-22-11-5-3-6-12-22/h3-16,25H,17-20H2,1-2H3,(H,28,31)/t25-/m0/s1. The Hall–Kier alpha value is -3.05. The fourth-order valence-corrected chi connectivity index (χ4v) is 4.50. The van der Waals surface area contributed by atoms with Crippen LogP contribution in [0.3, 0.4) is 0 Å². The molecule has 3 rings (SSSR count). The zero-order chi connectivity index (χ0) is 22.8. The number of rotatable bonds is 10. The second-order valence-corrected chi connectivity index (χ2v) is 8.79. The van der Waals surface area contributed by atoms with Crippen molar-refractivity contribution in [3.05, 3.63) is 107 Å². The van der Waals surface area contributed by atoms with Gasteiger partial charge in [-0.1, -0.05) is 90.5 Å². The maximum absolute atomic E-state index is 13.4. The van der Waals surface area contributed by atoms with E-state index in [1.165, 1.54) is 11.1 Å². The zero-order valence-corrected chi connectivity index (χ0v) is 19.5. The smallest absolute Gasteiger partial charge is 0.242 e. The van der Waals surface area contributed by atoms with Crippen LogP contribution >= 0.6 is 11.8 Å². The predicted octanol–water partition coefficient (Wildman–Crippen LogP) is 4.61. The highest BCUT2D eigenvalue weighted by Crippen LogP contribution is 2.19. The summed E-state index contributed by atoms with van der Waals surface area (Å²) in [5, 5.41) is 2.75. The van der Waals surface area contributed by atoms with E-state index >= 15 is 0 Å². The number of thioether (sulfide) groups is 1. The van der Waals surface area contributed by atoms with Crippen molar-refractivity contribution < 1.29 is 9.59 Å². The van der Waals surface area contributed by atoms with Crippen molar-refractivity contribution in [1.82, 2.24) is 10.2 Å². The first-order valence-electron chi connectivity index (χ1n) is 10.8. The molecule has 0 aliphatic rings. The number of carbonyl (C=O) groups excluding carboxylic acids is 2. The van der Waals surface area contributed by atoms with E-state index in [0.717, 1.165) is 16.9 Å². The lowest BCUT2D eigenvalue weighted by atomic mass is 10.0. The average molecular weight is 447 g/mol. The lowest BCUT2D eigenvalue weighted by Gasteiger charge is -2.31. The van der Waals surface area contributed by atoms with Gasteiger partial charge in [0.1, 0.15) is 6.04 Å². The van der Waals surface area contributed by atoms with Gasteiger partial charge >= 0.3 is 0 Å². The Balaban J connectivity index is 1.78. The summed E-state index contributed by atoms with van der Waals surface area (Å²) in [5.74, 6) is 0.900. The van der Waals surface area contributed by atoms with Crippen molar-refractivity contribution in [1.29, 1.82) is 0 Å². The van der Waals surface area contributed by atoms with Gasteiger partial charge in [0, 0.05) is 25.8 Å². The van der Waals surface area contributed by atoms with Crippen LogP contribution in [0.15, 0.2) is 84.9 Å². The Bertz CT molecular complexity index is 1010. The van der Waals surface area contributed by atoms with Gasteiger partial charge in [-0.2, -0.15) is 0 Å². The summed E-state index contributed by atoms with van der Waals surface area (Å²) in [5.41, 5.74) is 4.44. The normalized spacial score (nSPS) is 11.6. The molecule has 0 aliphatic heterocycles. The van der Waals surface area contributed by atoms with Gasteiger partial charge in [0.15, 0.2) is 0 Å². The summed E-state index contributed by atoms with van der Waals surface area (Å²) in [7, 11) is 1.62. The molecule has 1 atom stereocenters. The van der Waals surface area contributed by atoms with Crippen molar-refractivity contribution in [2.45, 2.75) is 31.7 Å². The summed E-state index contributed by atoms with van der Waals surface area (Å²) < 4.78 is 0. The topological polar surface area (TPSA) is 49.4 Å². The molecule has 32 heavy (non-hydrogen) atoms. The van der Waals surface area contributed by atoms with Gasteiger partial charge in [-0.3, -0.25) is 9.59 Å². The quantitative estimate of drug-likeness (QED) is 0.495. The molecule has 0 bridgehead atoms. The molecular weight excluding hydrogens is 416 g/mol. The molecule has 0 spiro atoms. The molecule has 5 heteroatoms. The summed E-state index contributed by atoms with van der Waals surface area (Å²) >= 11 is 1.58. The molecule has 0 radical (unpaired) electrons. The van der Waals surface area contributed by atoms with E-state index in [9.17, 15) is 9.59 Å². The number of likely N-dealkylation sites (N-methyl/N-ethyl adjacent to an activating group) is 1. The van der Waals surface area contributed by atoms with Crippen LogP contribution in [-0.4, -0.2) is 35.6 Å². The number of carbonyl (C=O) groups is 2. The first-order chi connectivity index (χ1) is 15.6. The second kappa shape index (κ2) is 12.1. The van der Waals surface area contributed by atoms with Crippen LogP contribution in [0, 0.1) is 6.92 Å². The third-order valence-corrected chi connectivity index (χ3v) is 6.28. The van der Waals surface area contributed by atoms with E-state index in [1.807, 2.05) is 66.7 Å². The zero-order valence-electron chi connectivity index (χ0n) is 18.7. The van der Waals surface area contributed by atoms with Gasteiger partial charge in [-0.15, -0.1) is 11.8 Å². The Kier molecular flexibility index (Phi) is 8.93. The molecular formula is C27H30N2O2S. The van der Waals surface area contributed by atoms with E-state index in [-0.39, 0.29) is 11.8 Å². The third-order valence-electron chi connectivity index (χ3n) is 5.29. The third kappa shape index (κ3) is 6.99. The number of nitrogens with zero attached hydrogens (tertiary/aromatic N) is 1. The minimum Gasteiger partial charge on any atom is -0.357 e. The van der Waals surface area contributed by atoms with Gasteiger partial charge in [0.05, 0.1) is 5.75 Å². The summed E-state index contributed by atoms with van der Waals surface area (Å²) in [4.78, 5) is 28.0. The largest absolute Gasteiger partial charge is 0.357 e. The Morgan fingerprint density at radius 3 is 2.12 bits per heavy atom. The van der Waals surface area contributed by atoms with Gasteiger partial charge in [-0.05, 0) is 23.6 Å². The van der Waals surface area contributed by atoms with E-state index in [2.05, 4.69) is 30.4 Å². The van der Waals surface area contributed by atoms with Crippen LogP contribution in [0.25, 0.3) is 0 Å². The molecule has 0 aliphatic carbocycles. The molecule has 2 amide bonds. The van der Waals surface area contributed by atoms with Crippen molar-refractivity contribution in [2.24, 2.45) is 0 Å². The fraction of sp³-hybridized carbons (Fsp3) is 0.259. The van der Waals surface area contributed by atoms with Crippen LogP contribution in [0.1, 0.15) is 22.3 Å². The summed E-state index contributed by atoms with van der Waals surface area (Å²) in [6.07, 6.45) is 0.474. The molecule has 0 saturated carbocycles. The van der Waals surface area contributed by atoms with E-state index < -0.39 is 6.04 Å². The molecule has 1 N–H and O–H groups in total. The van der Waals surface area contributed by atoms with Crippen LogP contribution in [-0.2, 0) is 28.3 Å². The van der Waals surface area contributed by atoms with Gasteiger partial charge in [-0.25, -0.2) is 0 Å². The molecule has 0 saturated heterocycles. The lowest BCUT2D eigenvalue weighted by molar-refractivity contribution is -0.139. The average Bonchev–Trinajstić information content (AvgIpc) is 2.82. The Morgan fingerprint density at radius 1 is 0.875 bits per heavy atom. The van der Waals surface area contributed by atoms with E-state index in [0.29, 0.717) is 18.7 Å². The maximum Gasteiger partial charge on any atom is 0.242 e. The lowest BCUT2D eigenvalue weighted by Crippen LogP contribution is -2.50. The van der Waals surface area contributed by atoms with Gasteiger partial charge < -0.3 is 10.2 Å². The van der Waals surface area contributed by atoms with Crippen molar-refractivity contribution in [3.63, 3.8) is 0 Å². The molecule has 166 valence electrons. The van der Waals surface area contributed by atoms with Crippen molar-refractivity contribution in [2.75, 3.05) is 12.8 Å². The first-order valence-corrected chi connectivity index (χ1v) is 11.9. The number of benzene rings is 3. The van der Waals surface area contributed by atoms with Gasteiger partial charge in [0.25, 0.3) is 0 Å². The minimum absolute atomic E-state index is 0.0314. The number of aryl methyl sites for hydroxylation is 1. The highest BCUT2D eigenvalue weighted by Gasteiger charge is 2.29. The van der Waals surface area contributed by atoms with Crippen molar-refractivity contribution >= 4 is 23.6 Å². The maximum atomic E-state index is 13.4. The highest BCUT2D eigenvalue weighted by atomic mass is 32.2. The van der Waals surface area contributed by atoms with Crippen LogP contribution < -0.4 is 5.32 Å². The Labute approximate surface area is 195 Å². The van der Waals surface area contributed by atoms with Gasteiger partial charge in [0.2, 0.25) is 11.8 Å². The van der Waals surface area contributed by atoms with Crippen LogP contribution in [0.2, 0.25) is 0 Å². The van der Waals surface area contributed by atoms with Crippen LogP contribution in [0.4, 0.5) is 0 Å².